The number of nitrogens with zero attached hydrogens (tertiary/aromatic N) is 1. The molecule has 2 heterocycles. The molecule has 0 aromatic carbocycles. The van der Waals surface area contributed by atoms with Gasteiger partial charge in [-0.05, 0) is 18.6 Å². The van der Waals surface area contributed by atoms with Gasteiger partial charge in [-0.1, -0.05) is 11.6 Å². The van der Waals surface area contributed by atoms with Crippen LogP contribution in [0, 0.1) is 6.92 Å². The highest BCUT2D eigenvalue weighted by Crippen LogP contribution is 2.17. The second-order valence-electron chi connectivity index (χ2n) is 4.30. The summed E-state index contributed by atoms with van der Waals surface area (Å²) >= 11 is 5.76. The number of halogens is 1. The number of nitrogens with one attached hydrogen (secondary N) is 2. The summed E-state index contributed by atoms with van der Waals surface area (Å²) in [6.07, 6.45) is 1.96. The Balaban J connectivity index is 1.90. The van der Waals surface area contributed by atoms with Crippen molar-refractivity contribution < 1.29 is 9.53 Å². The number of aromatic nitrogens is 1. The van der Waals surface area contributed by atoms with Crippen LogP contribution in [0.2, 0.25) is 5.15 Å². The van der Waals surface area contributed by atoms with E-state index in [4.69, 9.17) is 16.3 Å². The molecular formula is C12H16ClN3O2. The van der Waals surface area contributed by atoms with Crippen LogP contribution in [0.15, 0.2) is 12.3 Å². The number of aryl methyl sites for hydroxylation is 1. The predicted octanol–water partition coefficient (Wildman–Crippen LogP) is 1.36. The molecule has 1 amide bonds. The minimum atomic E-state index is -0.0507. The van der Waals surface area contributed by atoms with E-state index in [0.717, 1.165) is 12.1 Å². The smallest absolute Gasteiger partial charge is 0.226 e. The summed E-state index contributed by atoms with van der Waals surface area (Å²) in [4.78, 5) is 15.8. The van der Waals surface area contributed by atoms with E-state index in [2.05, 4.69) is 15.6 Å². The van der Waals surface area contributed by atoms with Crippen molar-refractivity contribution in [2.75, 3.05) is 25.1 Å². The van der Waals surface area contributed by atoms with Gasteiger partial charge in [0.15, 0.2) is 0 Å². The number of carbonyl (C=O) groups is 1. The van der Waals surface area contributed by atoms with Crippen LogP contribution >= 0.6 is 11.6 Å². The molecule has 1 aliphatic heterocycles. The number of hydrogen-bond acceptors (Lipinski definition) is 4. The molecule has 2 rings (SSSR count). The second kappa shape index (κ2) is 6.13. The zero-order valence-corrected chi connectivity index (χ0v) is 11.0. The summed E-state index contributed by atoms with van der Waals surface area (Å²) in [7, 11) is 0. The number of hydrogen-bond donors (Lipinski definition) is 2. The monoisotopic (exact) mass is 269 g/mol. The van der Waals surface area contributed by atoms with E-state index in [1.165, 1.54) is 0 Å². The van der Waals surface area contributed by atoms with Gasteiger partial charge in [-0.25, -0.2) is 4.98 Å². The van der Waals surface area contributed by atoms with Crippen LogP contribution in [-0.4, -0.2) is 36.7 Å². The molecule has 1 fully saturated rings. The topological polar surface area (TPSA) is 63.2 Å². The fourth-order valence-electron chi connectivity index (χ4n) is 1.83. The summed E-state index contributed by atoms with van der Waals surface area (Å²) in [5, 5.41) is 6.49. The molecule has 0 saturated carbocycles. The van der Waals surface area contributed by atoms with Crippen LogP contribution in [-0.2, 0) is 9.53 Å². The van der Waals surface area contributed by atoms with Gasteiger partial charge >= 0.3 is 0 Å². The summed E-state index contributed by atoms with van der Waals surface area (Å²) in [5.74, 6) is -0.0507. The maximum absolute atomic E-state index is 11.9. The molecule has 98 valence electrons. The summed E-state index contributed by atoms with van der Waals surface area (Å²) < 4.78 is 5.30. The molecule has 1 aromatic rings. The Kier molecular flexibility index (Phi) is 4.52. The third-order valence-corrected chi connectivity index (χ3v) is 2.99. The molecule has 0 spiro atoms. The minimum absolute atomic E-state index is 0.0507. The van der Waals surface area contributed by atoms with E-state index in [0.29, 0.717) is 30.5 Å². The predicted molar refractivity (Wildman–Crippen MR) is 69.8 cm³/mol. The SMILES string of the molecule is Cc1cc(Cl)ncc1NC(=O)CC1COCCN1. The third-order valence-electron chi connectivity index (χ3n) is 2.78. The molecule has 1 unspecified atom stereocenters. The number of amides is 1. The van der Waals surface area contributed by atoms with Crippen molar-refractivity contribution in [3.8, 4) is 0 Å². The number of morpholine rings is 1. The van der Waals surface area contributed by atoms with E-state index in [-0.39, 0.29) is 11.9 Å². The first-order chi connectivity index (χ1) is 8.65. The number of pyridine rings is 1. The van der Waals surface area contributed by atoms with Gasteiger partial charge in [0.25, 0.3) is 0 Å². The Morgan fingerprint density at radius 3 is 3.22 bits per heavy atom. The average molecular weight is 270 g/mol. The van der Waals surface area contributed by atoms with Crippen molar-refractivity contribution in [2.24, 2.45) is 0 Å². The highest BCUT2D eigenvalue weighted by molar-refractivity contribution is 6.29. The van der Waals surface area contributed by atoms with E-state index in [1.54, 1.807) is 12.3 Å². The lowest BCUT2D eigenvalue weighted by atomic mass is 10.2. The standard InChI is InChI=1S/C12H16ClN3O2/c1-8-4-11(13)15-6-10(8)16-12(17)5-9-7-18-3-2-14-9/h4,6,9,14H,2-3,5,7H2,1H3,(H,16,17). The van der Waals surface area contributed by atoms with Crippen molar-refractivity contribution in [3.05, 3.63) is 23.0 Å². The molecule has 0 radical (unpaired) electrons. The zero-order chi connectivity index (χ0) is 13.0. The first-order valence-electron chi connectivity index (χ1n) is 5.88. The lowest BCUT2D eigenvalue weighted by Crippen LogP contribution is -2.43. The zero-order valence-electron chi connectivity index (χ0n) is 10.2. The fourth-order valence-corrected chi connectivity index (χ4v) is 2.04. The van der Waals surface area contributed by atoms with E-state index < -0.39 is 0 Å². The van der Waals surface area contributed by atoms with Gasteiger partial charge in [-0.15, -0.1) is 0 Å². The fraction of sp³-hybridized carbons (Fsp3) is 0.500. The van der Waals surface area contributed by atoms with Crippen molar-refractivity contribution >= 4 is 23.2 Å². The summed E-state index contributed by atoms with van der Waals surface area (Å²) in [5.41, 5.74) is 1.59. The van der Waals surface area contributed by atoms with Gasteiger partial charge in [0, 0.05) is 19.0 Å². The Morgan fingerprint density at radius 2 is 2.56 bits per heavy atom. The van der Waals surface area contributed by atoms with Crippen molar-refractivity contribution in [1.82, 2.24) is 10.3 Å². The lowest BCUT2D eigenvalue weighted by Gasteiger charge is -2.23. The maximum Gasteiger partial charge on any atom is 0.226 e. The van der Waals surface area contributed by atoms with Crippen LogP contribution in [0.25, 0.3) is 0 Å². The first-order valence-corrected chi connectivity index (χ1v) is 6.26. The molecule has 0 aliphatic carbocycles. The van der Waals surface area contributed by atoms with Gasteiger partial charge in [0.1, 0.15) is 5.15 Å². The maximum atomic E-state index is 11.9. The highest BCUT2D eigenvalue weighted by Gasteiger charge is 2.17. The van der Waals surface area contributed by atoms with E-state index >= 15 is 0 Å². The van der Waals surface area contributed by atoms with Crippen LogP contribution in [0.1, 0.15) is 12.0 Å². The highest BCUT2D eigenvalue weighted by atomic mass is 35.5. The number of carbonyl (C=O) groups excluding carboxylic acids is 1. The van der Waals surface area contributed by atoms with Crippen molar-refractivity contribution in [1.29, 1.82) is 0 Å². The Labute approximate surface area is 111 Å². The van der Waals surface area contributed by atoms with Crippen LogP contribution < -0.4 is 10.6 Å². The Hall–Kier alpha value is -1.17. The lowest BCUT2D eigenvalue weighted by molar-refractivity contribution is -0.117. The normalized spacial score (nSPS) is 19.6. The van der Waals surface area contributed by atoms with Crippen LogP contribution in [0.3, 0.4) is 0 Å². The van der Waals surface area contributed by atoms with Crippen molar-refractivity contribution in [2.45, 2.75) is 19.4 Å². The van der Waals surface area contributed by atoms with Gasteiger partial charge in [0.05, 0.1) is 25.1 Å². The average Bonchev–Trinajstić information content (AvgIpc) is 2.34. The summed E-state index contributed by atoms with van der Waals surface area (Å²) in [6, 6.07) is 1.80. The number of rotatable bonds is 3. The van der Waals surface area contributed by atoms with Gasteiger partial charge in [-0.2, -0.15) is 0 Å². The quantitative estimate of drug-likeness (QED) is 0.814. The molecular weight excluding hydrogens is 254 g/mol. The van der Waals surface area contributed by atoms with Crippen LogP contribution in [0.5, 0.6) is 0 Å². The molecule has 2 N–H and O–H groups in total. The molecule has 5 nitrogen and oxygen atoms in total. The minimum Gasteiger partial charge on any atom is -0.378 e. The Morgan fingerprint density at radius 1 is 1.72 bits per heavy atom. The molecule has 0 bridgehead atoms. The van der Waals surface area contributed by atoms with Crippen LogP contribution in [0.4, 0.5) is 5.69 Å². The van der Waals surface area contributed by atoms with Gasteiger partial charge < -0.3 is 15.4 Å². The largest absolute Gasteiger partial charge is 0.378 e. The first kappa shape index (κ1) is 13.3. The third kappa shape index (κ3) is 3.66. The van der Waals surface area contributed by atoms with Crippen molar-refractivity contribution in [3.63, 3.8) is 0 Å². The number of ether oxygens (including phenoxy) is 1. The number of anilines is 1. The van der Waals surface area contributed by atoms with E-state index in [9.17, 15) is 4.79 Å². The molecule has 18 heavy (non-hydrogen) atoms. The molecule has 1 aromatic heterocycles. The van der Waals surface area contributed by atoms with Gasteiger partial charge in [0.2, 0.25) is 5.91 Å². The molecule has 6 heteroatoms. The molecule has 1 atom stereocenters. The second-order valence-corrected chi connectivity index (χ2v) is 4.69. The molecule has 1 saturated heterocycles. The molecule has 1 aliphatic rings. The van der Waals surface area contributed by atoms with Gasteiger partial charge in [-0.3, -0.25) is 4.79 Å². The Bertz CT molecular complexity index is 433. The van der Waals surface area contributed by atoms with E-state index in [1.807, 2.05) is 6.92 Å². The summed E-state index contributed by atoms with van der Waals surface area (Å²) in [6.45, 7) is 3.95.